The molecule has 0 radical (unpaired) electrons. The van der Waals surface area contributed by atoms with Gasteiger partial charge in [-0.15, -0.1) is 5.10 Å². The molecule has 1 aliphatic rings. The predicted molar refractivity (Wildman–Crippen MR) is 143 cm³/mol. The van der Waals surface area contributed by atoms with Crippen LogP contribution in [0.2, 0.25) is 0 Å². The van der Waals surface area contributed by atoms with Gasteiger partial charge in [0.05, 0.1) is 36.2 Å². The van der Waals surface area contributed by atoms with Crippen molar-refractivity contribution < 1.29 is 4.74 Å². The topological polar surface area (TPSA) is 118 Å². The molecular formula is C28H23N9O. The van der Waals surface area contributed by atoms with E-state index < -0.39 is 0 Å². The summed E-state index contributed by atoms with van der Waals surface area (Å²) in [5, 5.41) is 17.4. The van der Waals surface area contributed by atoms with E-state index in [1.807, 2.05) is 60.7 Å². The van der Waals surface area contributed by atoms with Gasteiger partial charge in [0.15, 0.2) is 5.82 Å². The lowest BCUT2D eigenvalue weighted by atomic mass is 10.1. The molecule has 1 saturated heterocycles. The van der Waals surface area contributed by atoms with Crippen LogP contribution < -0.4 is 10.2 Å². The second-order valence-electron chi connectivity index (χ2n) is 8.64. The summed E-state index contributed by atoms with van der Waals surface area (Å²) in [6, 6.07) is 23.3. The molecule has 6 rings (SSSR count). The van der Waals surface area contributed by atoms with E-state index in [-0.39, 0.29) is 0 Å². The minimum absolute atomic E-state index is 0.462. The maximum atomic E-state index is 9.59. The molecule has 0 atom stereocenters. The molecule has 3 aromatic heterocycles. The Morgan fingerprint density at radius 1 is 0.842 bits per heavy atom. The Bertz CT molecular complexity index is 1590. The summed E-state index contributed by atoms with van der Waals surface area (Å²) in [5.41, 5.74) is 5.59. The number of anilines is 3. The molecule has 2 aromatic carbocycles. The van der Waals surface area contributed by atoms with Crippen molar-refractivity contribution in [2.24, 2.45) is 0 Å². The highest BCUT2D eigenvalue weighted by Crippen LogP contribution is 2.27. The summed E-state index contributed by atoms with van der Waals surface area (Å²) >= 11 is 0. The number of nitrogens with one attached hydrogen (secondary N) is 1. The molecule has 0 spiro atoms. The van der Waals surface area contributed by atoms with Crippen LogP contribution in [0.1, 0.15) is 5.56 Å². The third kappa shape index (κ3) is 5.04. The smallest absolute Gasteiger partial charge is 0.227 e. The van der Waals surface area contributed by atoms with Gasteiger partial charge in [-0.1, -0.05) is 6.07 Å². The zero-order valence-corrected chi connectivity index (χ0v) is 20.4. The molecule has 10 heteroatoms. The van der Waals surface area contributed by atoms with Crippen LogP contribution in [-0.4, -0.2) is 56.0 Å². The van der Waals surface area contributed by atoms with Gasteiger partial charge in [-0.2, -0.15) is 5.26 Å². The fraction of sp³-hybridized carbons (Fsp3) is 0.143. The van der Waals surface area contributed by atoms with Gasteiger partial charge in [0.25, 0.3) is 0 Å². The van der Waals surface area contributed by atoms with E-state index in [9.17, 15) is 5.26 Å². The summed E-state index contributed by atoms with van der Waals surface area (Å²) in [6.45, 7) is 2.93. The monoisotopic (exact) mass is 501 g/mol. The van der Waals surface area contributed by atoms with Crippen molar-refractivity contribution in [3.8, 4) is 34.5 Å². The summed E-state index contributed by atoms with van der Waals surface area (Å²) in [7, 11) is 0. The fourth-order valence-corrected chi connectivity index (χ4v) is 4.23. The number of benzene rings is 2. The first-order valence-electron chi connectivity index (χ1n) is 12.2. The average Bonchev–Trinajstić information content (AvgIpc) is 3.49. The van der Waals surface area contributed by atoms with Gasteiger partial charge in [0.2, 0.25) is 5.95 Å². The van der Waals surface area contributed by atoms with Crippen molar-refractivity contribution in [2.45, 2.75) is 0 Å². The second-order valence-corrected chi connectivity index (χ2v) is 8.64. The van der Waals surface area contributed by atoms with E-state index in [0.717, 1.165) is 47.1 Å². The largest absolute Gasteiger partial charge is 0.378 e. The molecule has 5 aromatic rings. The number of aromatic nitrogens is 6. The van der Waals surface area contributed by atoms with E-state index in [1.165, 1.54) is 0 Å². The fourth-order valence-electron chi connectivity index (χ4n) is 4.23. The molecule has 186 valence electrons. The number of nitrogens with zero attached hydrogens (tertiary/aromatic N) is 8. The Labute approximate surface area is 219 Å². The predicted octanol–water partition coefficient (Wildman–Crippen LogP) is 4.24. The number of pyridine rings is 1. The third-order valence-corrected chi connectivity index (χ3v) is 6.15. The molecule has 0 aliphatic carbocycles. The first kappa shape index (κ1) is 23.3. The van der Waals surface area contributed by atoms with Gasteiger partial charge >= 0.3 is 0 Å². The first-order valence-corrected chi connectivity index (χ1v) is 12.2. The van der Waals surface area contributed by atoms with Crippen LogP contribution in [-0.2, 0) is 4.74 Å². The van der Waals surface area contributed by atoms with Crippen molar-refractivity contribution >= 4 is 17.3 Å². The highest BCUT2D eigenvalue weighted by Gasteiger charge is 2.14. The van der Waals surface area contributed by atoms with Crippen LogP contribution in [0.3, 0.4) is 0 Å². The van der Waals surface area contributed by atoms with Gasteiger partial charge < -0.3 is 15.0 Å². The van der Waals surface area contributed by atoms with E-state index >= 15 is 0 Å². The molecule has 1 fully saturated rings. The quantitative estimate of drug-likeness (QED) is 0.364. The molecule has 0 amide bonds. The number of morpholine rings is 1. The summed E-state index contributed by atoms with van der Waals surface area (Å²) in [5.74, 6) is 1.03. The van der Waals surface area contributed by atoms with Gasteiger partial charge in [0, 0.05) is 42.4 Å². The molecule has 1 N–H and O–H groups in total. The summed E-state index contributed by atoms with van der Waals surface area (Å²) in [4.78, 5) is 20.0. The van der Waals surface area contributed by atoms with Crippen LogP contribution >= 0.6 is 0 Å². The third-order valence-electron chi connectivity index (χ3n) is 6.15. The standard InChI is InChI=1S/C28H23N9O/c29-18-20-15-21(17-24(16-20)36-11-13-38-14-12-36)25-8-10-31-28(34-25)33-22-4-6-23(7-5-22)37-19-32-27(35-37)26-3-1-2-9-30-26/h1-10,15-17,19H,11-14H2,(H,31,33,34). The van der Waals surface area contributed by atoms with Crippen LogP contribution in [0.5, 0.6) is 0 Å². The highest BCUT2D eigenvalue weighted by molar-refractivity contribution is 5.70. The first-order chi connectivity index (χ1) is 18.7. The second kappa shape index (κ2) is 10.5. The van der Waals surface area contributed by atoms with Gasteiger partial charge in [-0.05, 0) is 60.7 Å². The number of hydrogen-bond donors (Lipinski definition) is 1. The Hall–Kier alpha value is -5.14. The summed E-state index contributed by atoms with van der Waals surface area (Å²) < 4.78 is 7.18. The Morgan fingerprint density at radius 3 is 2.50 bits per heavy atom. The number of nitriles is 1. The van der Waals surface area contributed by atoms with E-state index in [2.05, 4.69) is 42.4 Å². The van der Waals surface area contributed by atoms with Gasteiger partial charge in [-0.3, -0.25) is 4.98 Å². The van der Waals surface area contributed by atoms with Crippen LogP contribution in [0, 0.1) is 11.3 Å². The van der Waals surface area contributed by atoms with Crippen LogP contribution in [0.25, 0.3) is 28.5 Å². The maximum absolute atomic E-state index is 9.59. The Morgan fingerprint density at radius 2 is 1.71 bits per heavy atom. The zero-order valence-electron chi connectivity index (χ0n) is 20.4. The number of hydrogen-bond acceptors (Lipinski definition) is 9. The van der Waals surface area contributed by atoms with E-state index in [4.69, 9.17) is 9.72 Å². The highest BCUT2D eigenvalue weighted by atomic mass is 16.5. The Kier molecular flexibility index (Phi) is 6.41. The molecule has 38 heavy (non-hydrogen) atoms. The van der Waals surface area contributed by atoms with E-state index in [1.54, 1.807) is 23.4 Å². The van der Waals surface area contributed by atoms with Gasteiger partial charge in [0.1, 0.15) is 12.0 Å². The molecule has 0 bridgehead atoms. The average molecular weight is 502 g/mol. The lowest BCUT2D eigenvalue weighted by Crippen LogP contribution is -2.36. The molecule has 0 saturated carbocycles. The van der Waals surface area contributed by atoms with Crippen molar-refractivity contribution in [1.29, 1.82) is 5.26 Å². The number of ether oxygens (including phenoxy) is 1. The SMILES string of the molecule is N#Cc1cc(-c2ccnc(Nc3ccc(-n4cnc(-c5ccccn5)n4)cc3)n2)cc(N2CCOCC2)c1. The molecular weight excluding hydrogens is 478 g/mol. The molecule has 0 unspecified atom stereocenters. The molecule has 10 nitrogen and oxygen atoms in total. The van der Waals surface area contributed by atoms with Crippen molar-refractivity contribution in [3.63, 3.8) is 0 Å². The van der Waals surface area contributed by atoms with Crippen molar-refractivity contribution in [3.05, 3.63) is 91.0 Å². The zero-order chi connectivity index (χ0) is 25.7. The maximum Gasteiger partial charge on any atom is 0.227 e. The minimum atomic E-state index is 0.462. The van der Waals surface area contributed by atoms with E-state index in [0.29, 0.717) is 30.5 Å². The van der Waals surface area contributed by atoms with Crippen molar-refractivity contribution in [1.82, 2.24) is 29.7 Å². The Balaban J connectivity index is 1.20. The lowest BCUT2D eigenvalue weighted by Gasteiger charge is -2.29. The van der Waals surface area contributed by atoms with Crippen LogP contribution in [0.15, 0.2) is 85.5 Å². The molecule has 1 aliphatic heterocycles. The summed E-state index contributed by atoms with van der Waals surface area (Å²) in [6.07, 6.45) is 5.09. The van der Waals surface area contributed by atoms with Crippen molar-refractivity contribution in [2.75, 3.05) is 36.5 Å². The normalized spacial score (nSPS) is 13.2. The van der Waals surface area contributed by atoms with Gasteiger partial charge in [-0.25, -0.2) is 19.6 Å². The molecule has 4 heterocycles. The minimum Gasteiger partial charge on any atom is -0.378 e. The lowest BCUT2D eigenvalue weighted by molar-refractivity contribution is 0.122. The van der Waals surface area contributed by atoms with Crippen LogP contribution in [0.4, 0.5) is 17.3 Å². The number of rotatable bonds is 6.